The smallest absolute Gasteiger partial charge is 0.222 e. The van der Waals surface area contributed by atoms with Crippen molar-refractivity contribution in [1.82, 2.24) is 4.90 Å². The number of halogens is 2. The molecule has 110 valence electrons. The molecule has 2 rings (SSSR count). The standard InChI is InChI=1S/C15H19Cl2NO2/c1-10(19)12-6-7-18(9-12)15(20)5-3-11-2-4-13(16)14(17)8-11/h2,4,8,10,12,19H,3,5-7,9H2,1H3. The molecule has 1 amide bonds. The van der Waals surface area contributed by atoms with E-state index in [1.54, 1.807) is 19.1 Å². The Balaban J connectivity index is 1.85. The fourth-order valence-electron chi connectivity index (χ4n) is 2.51. The van der Waals surface area contributed by atoms with Crippen LogP contribution in [0.1, 0.15) is 25.3 Å². The van der Waals surface area contributed by atoms with E-state index < -0.39 is 0 Å². The summed E-state index contributed by atoms with van der Waals surface area (Å²) in [5.41, 5.74) is 1.01. The van der Waals surface area contributed by atoms with Crippen molar-refractivity contribution in [3.63, 3.8) is 0 Å². The van der Waals surface area contributed by atoms with Gasteiger partial charge in [-0.15, -0.1) is 0 Å². The minimum absolute atomic E-state index is 0.138. The van der Waals surface area contributed by atoms with Crippen LogP contribution in [0.5, 0.6) is 0 Å². The van der Waals surface area contributed by atoms with Gasteiger partial charge in [-0.2, -0.15) is 0 Å². The summed E-state index contributed by atoms with van der Waals surface area (Å²) in [6.07, 6.45) is 1.66. The molecule has 5 heteroatoms. The van der Waals surface area contributed by atoms with E-state index in [9.17, 15) is 9.90 Å². The zero-order chi connectivity index (χ0) is 14.7. The quantitative estimate of drug-likeness (QED) is 0.927. The minimum Gasteiger partial charge on any atom is -0.393 e. The number of carbonyl (C=O) groups is 1. The van der Waals surface area contributed by atoms with E-state index >= 15 is 0 Å². The number of hydrogen-bond acceptors (Lipinski definition) is 2. The number of benzene rings is 1. The minimum atomic E-state index is -0.345. The maximum Gasteiger partial charge on any atom is 0.222 e. The van der Waals surface area contributed by atoms with Gasteiger partial charge in [0, 0.05) is 25.4 Å². The van der Waals surface area contributed by atoms with Crippen LogP contribution < -0.4 is 0 Å². The Bertz CT molecular complexity index is 491. The molecule has 0 spiro atoms. The van der Waals surface area contributed by atoms with E-state index in [-0.39, 0.29) is 17.9 Å². The number of aryl methyl sites for hydroxylation is 1. The van der Waals surface area contributed by atoms with E-state index in [0.29, 0.717) is 29.4 Å². The lowest BCUT2D eigenvalue weighted by Crippen LogP contribution is -2.30. The van der Waals surface area contributed by atoms with Crippen LogP contribution in [0.25, 0.3) is 0 Å². The first-order chi connectivity index (χ1) is 9.47. The normalized spacial score (nSPS) is 20.2. The van der Waals surface area contributed by atoms with Crippen LogP contribution in [0, 0.1) is 5.92 Å². The number of rotatable bonds is 4. The molecular weight excluding hydrogens is 297 g/mol. The van der Waals surface area contributed by atoms with E-state index in [0.717, 1.165) is 18.5 Å². The van der Waals surface area contributed by atoms with E-state index in [1.165, 1.54) is 0 Å². The van der Waals surface area contributed by atoms with Crippen LogP contribution in [0.3, 0.4) is 0 Å². The van der Waals surface area contributed by atoms with Crippen LogP contribution >= 0.6 is 23.2 Å². The number of aliphatic hydroxyl groups excluding tert-OH is 1. The van der Waals surface area contributed by atoms with Gasteiger partial charge in [-0.1, -0.05) is 29.3 Å². The summed E-state index contributed by atoms with van der Waals surface area (Å²) >= 11 is 11.8. The van der Waals surface area contributed by atoms with Crippen molar-refractivity contribution < 1.29 is 9.90 Å². The molecule has 0 aromatic heterocycles. The Labute approximate surface area is 129 Å². The summed E-state index contributed by atoms with van der Waals surface area (Å²) in [5.74, 6) is 0.350. The molecule has 1 heterocycles. The van der Waals surface area contributed by atoms with Gasteiger partial charge < -0.3 is 10.0 Å². The third-order valence-corrected chi connectivity index (χ3v) is 4.61. The lowest BCUT2D eigenvalue weighted by Gasteiger charge is -2.17. The SMILES string of the molecule is CC(O)C1CCN(C(=O)CCc2ccc(Cl)c(Cl)c2)C1. The van der Waals surface area contributed by atoms with Gasteiger partial charge in [-0.05, 0) is 37.5 Å². The van der Waals surface area contributed by atoms with Crippen molar-refractivity contribution >= 4 is 29.1 Å². The van der Waals surface area contributed by atoms with Gasteiger partial charge >= 0.3 is 0 Å². The second kappa shape index (κ2) is 6.79. The number of nitrogens with zero attached hydrogens (tertiary/aromatic N) is 1. The van der Waals surface area contributed by atoms with Gasteiger partial charge in [-0.3, -0.25) is 4.79 Å². The molecule has 1 saturated heterocycles. The summed E-state index contributed by atoms with van der Waals surface area (Å²) in [5, 5.41) is 10.6. The summed E-state index contributed by atoms with van der Waals surface area (Å²) < 4.78 is 0. The van der Waals surface area contributed by atoms with Crippen LogP contribution in [-0.2, 0) is 11.2 Å². The van der Waals surface area contributed by atoms with Gasteiger partial charge in [0.15, 0.2) is 0 Å². The lowest BCUT2D eigenvalue weighted by molar-refractivity contribution is -0.130. The maximum absolute atomic E-state index is 12.1. The Morgan fingerprint density at radius 3 is 2.80 bits per heavy atom. The molecule has 1 fully saturated rings. The number of hydrogen-bond donors (Lipinski definition) is 1. The van der Waals surface area contributed by atoms with Gasteiger partial charge in [0.25, 0.3) is 0 Å². The lowest BCUT2D eigenvalue weighted by atomic mass is 10.0. The zero-order valence-corrected chi connectivity index (χ0v) is 13.0. The predicted octanol–water partition coefficient (Wildman–Crippen LogP) is 3.16. The Hall–Kier alpha value is -0.770. The highest BCUT2D eigenvalue weighted by molar-refractivity contribution is 6.42. The highest BCUT2D eigenvalue weighted by atomic mass is 35.5. The van der Waals surface area contributed by atoms with Gasteiger partial charge in [0.2, 0.25) is 5.91 Å². The number of carbonyl (C=O) groups excluding carboxylic acids is 1. The fourth-order valence-corrected chi connectivity index (χ4v) is 2.83. The van der Waals surface area contributed by atoms with E-state index in [4.69, 9.17) is 23.2 Å². The Kier molecular flexibility index (Phi) is 5.30. The zero-order valence-electron chi connectivity index (χ0n) is 11.5. The number of amides is 1. The van der Waals surface area contributed by atoms with Crippen molar-refractivity contribution in [2.75, 3.05) is 13.1 Å². The fraction of sp³-hybridized carbons (Fsp3) is 0.533. The molecule has 0 bridgehead atoms. The molecule has 3 nitrogen and oxygen atoms in total. The first-order valence-electron chi connectivity index (χ1n) is 6.87. The molecule has 20 heavy (non-hydrogen) atoms. The van der Waals surface area contributed by atoms with Crippen LogP contribution in [0.15, 0.2) is 18.2 Å². The van der Waals surface area contributed by atoms with Gasteiger partial charge in [-0.25, -0.2) is 0 Å². The highest BCUT2D eigenvalue weighted by Crippen LogP contribution is 2.24. The monoisotopic (exact) mass is 315 g/mol. The third kappa shape index (κ3) is 3.87. The molecule has 1 aromatic carbocycles. The number of likely N-dealkylation sites (tertiary alicyclic amines) is 1. The molecule has 2 unspecified atom stereocenters. The van der Waals surface area contributed by atoms with Crippen molar-refractivity contribution in [3.05, 3.63) is 33.8 Å². The molecule has 1 aliphatic rings. The van der Waals surface area contributed by atoms with E-state index in [2.05, 4.69) is 0 Å². The van der Waals surface area contributed by atoms with Gasteiger partial charge in [0.1, 0.15) is 0 Å². The van der Waals surface area contributed by atoms with Crippen molar-refractivity contribution in [1.29, 1.82) is 0 Å². The third-order valence-electron chi connectivity index (χ3n) is 3.87. The molecule has 0 saturated carbocycles. The average molecular weight is 316 g/mol. The number of aliphatic hydroxyl groups is 1. The first-order valence-corrected chi connectivity index (χ1v) is 7.62. The average Bonchev–Trinajstić information content (AvgIpc) is 2.89. The summed E-state index contributed by atoms with van der Waals surface area (Å²) in [4.78, 5) is 14.0. The van der Waals surface area contributed by atoms with Crippen molar-refractivity contribution in [2.24, 2.45) is 5.92 Å². The largest absolute Gasteiger partial charge is 0.393 e. The molecule has 1 aliphatic heterocycles. The van der Waals surface area contributed by atoms with Crippen molar-refractivity contribution in [3.8, 4) is 0 Å². The second-order valence-electron chi connectivity index (χ2n) is 5.38. The van der Waals surface area contributed by atoms with E-state index in [1.807, 2.05) is 11.0 Å². The maximum atomic E-state index is 12.1. The molecular formula is C15H19Cl2NO2. The summed E-state index contributed by atoms with van der Waals surface area (Å²) in [6, 6.07) is 5.45. The summed E-state index contributed by atoms with van der Waals surface area (Å²) in [6.45, 7) is 3.20. The highest BCUT2D eigenvalue weighted by Gasteiger charge is 2.28. The second-order valence-corrected chi connectivity index (χ2v) is 6.19. The topological polar surface area (TPSA) is 40.5 Å². The van der Waals surface area contributed by atoms with Crippen LogP contribution in [0.2, 0.25) is 10.0 Å². The van der Waals surface area contributed by atoms with Crippen molar-refractivity contribution in [2.45, 2.75) is 32.3 Å². The first kappa shape index (κ1) is 15.6. The molecule has 1 aromatic rings. The summed E-state index contributed by atoms with van der Waals surface area (Å²) in [7, 11) is 0. The molecule has 1 N–H and O–H groups in total. The predicted molar refractivity (Wildman–Crippen MR) is 81.2 cm³/mol. The Morgan fingerprint density at radius 1 is 1.45 bits per heavy atom. The Morgan fingerprint density at radius 2 is 2.20 bits per heavy atom. The molecule has 0 radical (unpaired) electrons. The van der Waals surface area contributed by atoms with Gasteiger partial charge in [0.05, 0.1) is 16.1 Å². The molecule has 0 aliphatic carbocycles. The van der Waals surface area contributed by atoms with Crippen LogP contribution in [0.4, 0.5) is 0 Å². The van der Waals surface area contributed by atoms with Crippen LogP contribution in [-0.4, -0.2) is 35.1 Å². The molecule has 2 atom stereocenters.